The molecule has 0 saturated heterocycles. The van der Waals surface area contributed by atoms with Gasteiger partial charge in [0.05, 0.1) is 12.0 Å². The van der Waals surface area contributed by atoms with Crippen LogP contribution in [0.4, 0.5) is 5.82 Å². The zero-order chi connectivity index (χ0) is 12.4. The van der Waals surface area contributed by atoms with Crippen LogP contribution in [0, 0.1) is 6.92 Å². The Balaban J connectivity index is 2.38. The molecule has 0 aliphatic carbocycles. The minimum atomic E-state index is -1.12. The molecule has 1 unspecified atom stereocenters. The van der Waals surface area contributed by atoms with Crippen LogP contribution in [-0.2, 0) is 4.79 Å². The number of nitrogens with one attached hydrogen (secondary N) is 1. The number of rotatable bonds is 4. The summed E-state index contributed by atoms with van der Waals surface area (Å²) < 4.78 is 0. The van der Waals surface area contributed by atoms with Crippen molar-refractivity contribution in [3.63, 3.8) is 0 Å². The largest absolute Gasteiger partial charge is 0.480 e. The van der Waals surface area contributed by atoms with Gasteiger partial charge in [-0.05, 0) is 13.0 Å². The molecule has 1 atom stereocenters. The Bertz CT molecular complexity index is 555. The van der Waals surface area contributed by atoms with Crippen LogP contribution >= 0.6 is 11.3 Å². The third kappa shape index (κ3) is 2.34. The minimum absolute atomic E-state index is 0.431. The molecule has 7 heteroatoms. The van der Waals surface area contributed by atoms with Gasteiger partial charge in [0.25, 0.3) is 0 Å². The molecule has 0 fully saturated rings. The SMILES string of the molecule is Cc1cc2c(NC(CO)C(=O)O)ncnc2s1. The van der Waals surface area contributed by atoms with Crippen molar-refractivity contribution in [3.8, 4) is 0 Å². The molecule has 17 heavy (non-hydrogen) atoms. The molecule has 0 spiro atoms. The predicted molar refractivity (Wildman–Crippen MR) is 64.3 cm³/mol. The van der Waals surface area contributed by atoms with E-state index in [1.54, 1.807) is 0 Å². The van der Waals surface area contributed by atoms with E-state index in [4.69, 9.17) is 10.2 Å². The molecule has 2 heterocycles. The number of aliphatic carboxylic acids is 1. The van der Waals surface area contributed by atoms with Crippen molar-refractivity contribution < 1.29 is 15.0 Å². The molecule has 2 rings (SSSR count). The number of nitrogens with zero attached hydrogens (tertiary/aromatic N) is 2. The fraction of sp³-hybridized carbons (Fsp3) is 0.300. The summed E-state index contributed by atoms with van der Waals surface area (Å²) in [6, 6.07) is 0.826. The third-order valence-corrected chi connectivity index (χ3v) is 3.20. The highest BCUT2D eigenvalue weighted by Crippen LogP contribution is 2.27. The van der Waals surface area contributed by atoms with E-state index in [2.05, 4.69) is 15.3 Å². The lowest BCUT2D eigenvalue weighted by Gasteiger charge is -2.12. The molecular formula is C10H11N3O3S. The number of fused-ring (bicyclic) bond motifs is 1. The Morgan fingerprint density at radius 1 is 1.59 bits per heavy atom. The molecule has 3 N–H and O–H groups in total. The summed E-state index contributed by atoms with van der Waals surface area (Å²) in [6.45, 7) is 1.45. The number of anilines is 1. The van der Waals surface area contributed by atoms with Crippen molar-refractivity contribution in [2.24, 2.45) is 0 Å². The van der Waals surface area contributed by atoms with Crippen molar-refractivity contribution in [2.75, 3.05) is 11.9 Å². The van der Waals surface area contributed by atoms with Crippen LogP contribution < -0.4 is 5.32 Å². The molecule has 0 amide bonds. The number of hydrogen-bond acceptors (Lipinski definition) is 6. The fourth-order valence-corrected chi connectivity index (χ4v) is 2.29. The summed E-state index contributed by atoms with van der Waals surface area (Å²) in [4.78, 5) is 20.8. The second-order valence-corrected chi connectivity index (χ2v) is 4.75. The number of carbonyl (C=O) groups is 1. The van der Waals surface area contributed by atoms with E-state index in [1.165, 1.54) is 17.7 Å². The van der Waals surface area contributed by atoms with E-state index >= 15 is 0 Å². The topological polar surface area (TPSA) is 95.3 Å². The van der Waals surface area contributed by atoms with Crippen LogP contribution in [0.1, 0.15) is 4.88 Å². The average molecular weight is 253 g/mol. The maximum atomic E-state index is 10.8. The van der Waals surface area contributed by atoms with Gasteiger partial charge in [-0.15, -0.1) is 11.3 Å². The third-order valence-electron chi connectivity index (χ3n) is 2.24. The maximum absolute atomic E-state index is 10.8. The van der Waals surface area contributed by atoms with E-state index < -0.39 is 18.6 Å². The van der Waals surface area contributed by atoms with Gasteiger partial charge in [0.1, 0.15) is 23.0 Å². The van der Waals surface area contributed by atoms with Gasteiger partial charge in [-0.2, -0.15) is 0 Å². The molecule has 0 bridgehead atoms. The first kappa shape index (κ1) is 11.7. The van der Waals surface area contributed by atoms with E-state index in [0.29, 0.717) is 5.82 Å². The Morgan fingerprint density at radius 2 is 2.35 bits per heavy atom. The lowest BCUT2D eigenvalue weighted by Crippen LogP contribution is -2.33. The van der Waals surface area contributed by atoms with E-state index in [1.807, 2.05) is 13.0 Å². The number of hydrogen-bond donors (Lipinski definition) is 3. The highest BCUT2D eigenvalue weighted by atomic mass is 32.1. The number of thiophene rings is 1. The van der Waals surface area contributed by atoms with Crippen molar-refractivity contribution in [1.82, 2.24) is 9.97 Å². The molecule has 0 saturated carbocycles. The average Bonchev–Trinajstić information content (AvgIpc) is 2.66. The molecular weight excluding hydrogens is 242 g/mol. The van der Waals surface area contributed by atoms with Crippen molar-refractivity contribution in [3.05, 3.63) is 17.3 Å². The van der Waals surface area contributed by atoms with Gasteiger partial charge in [0.15, 0.2) is 0 Å². The zero-order valence-corrected chi connectivity index (χ0v) is 9.86. The van der Waals surface area contributed by atoms with Crippen LogP contribution in [-0.4, -0.2) is 38.8 Å². The summed E-state index contributed by atoms with van der Waals surface area (Å²) in [7, 11) is 0. The standard InChI is InChI=1S/C10H11N3O3S/c1-5-2-6-8(11-4-12-9(6)17-5)13-7(3-14)10(15)16/h2,4,7,14H,3H2,1H3,(H,15,16)(H,11,12,13). The molecule has 0 aromatic carbocycles. The van der Waals surface area contributed by atoms with Gasteiger partial charge in [0, 0.05) is 4.88 Å². The first-order valence-corrected chi connectivity index (χ1v) is 5.75. The van der Waals surface area contributed by atoms with Gasteiger partial charge in [-0.25, -0.2) is 14.8 Å². The second kappa shape index (κ2) is 4.64. The molecule has 0 radical (unpaired) electrons. The van der Waals surface area contributed by atoms with Crippen LogP contribution in [0.2, 0.25) is 0 Å². The molecule has 2 aromatic heterocycles. The predicted octanol–water partition coefficient (Wildman–Crippen LogP) is 0.857. The van der Waals surface area contributed by atoms with Crippen molar-refractivity contribution >= 4 is 33.3 Å². The van der Waals surface area contributed by atoms with Gasteiger partial charge >= 0.3 is 5.97 Å². The van der Waals surface area contributed by atoms with Crippen LogP contribution in [0.15, 0.2) is 12.4 Å². The second-order valence-electron chi connectivity index (χ2n) is 3.52. The highest BCUT2D eigenvalue weighted by Gasteiger charge is 2.18. The smallest absolute Gasteiger partial charge is 0.328 e. The van der Waals surface area contributed by atoms with Crippen molar-refractivity contribution in [1.29, 1.82) is 0 Å². The lowest BCUT2D eigenvalue weighted by atomic mass is 10.3. The quantitative estimate of drug-likeness (QED) is 0.748. The maximum Gasteiger partial charge on any atom is 0.328 e. The number of aromatic nitrogens is 2. The number of aryl methyl sites for hydroxylation is 1. The normalized spacial score (nSPS) is 12.6. The molecule has 0 aliphatic heterocycles. The Morgan fingerprint density at radius 3 is 3.00 bits per heavy atom. The highest BCUT2D eigenvalue weighted by molar-refractivity contribution is 7.18. The molecule has 6 nitrogen and oxygen atoms in total. The summed E-state index contributed by atoms with van der Waals surface area (Å²) >= 11 is 1.51. The van der Waals surface area contributed by atoms with E-state index in [-0.39, 0.29) is 0 Å². The Kier molecular flexibility index (Phi) is 3.21. The Hall–Kier alpha value is -1.73. The molecule has 90 valence electrons. The molecule has 2 aromatic rings. The van der Waals surface area contributed by atoms with E-state index in [0.717, 1.165) is 15.1 Å². The zero-order valence-electron chi connectivity index (χ0n) is 9.04. The number of aliphatic hydroxyl groups is 1. The van der Waals surface area contributed by atoms with Crippen LogP contribution in [0.3, 0.4) is 0 Å². The van der Waals surface area contributed by atoms with Crippen LogP contribution in [0.5, 0.6) is 0 Å². The van der Waals surface area contributed by atoms with Gasteiger partial charge < -0.3 is 15.5 Å². The summed E-state index contributed by atoms with van der Waals surface area (Å²) in [5, 5.41) is 21.3. The van der Waals surface area contributed by atoms with Gasteiger partial charge in [0.2, 0.25) is 0 Å². The first-order chi connectivity index (χ1) is 8.11. The monoisotopic (exact) mass is 253 g/mol. The molecule has 0 aliphatic rings. The summed E-state index contributed by atoms with van der Waals surface area (Å²) in [5.41, 5.74) is 0. The Labute approximate surface area is 101 Å². The van der Waals surface area contributed by atoms with Crippen LogP contribution in [0.25, 0.3) is 10.2 Å². The number of carboxylic acid groups (broad SMARTS) is 1. The summed E-state index contributed by atoms with van der Waals surface area (Å²) in [5.74, 6) is -0.688. The first-order valence-electron chi connectivity index (χ1n) is 4.93. The van der Waals surface area contributed by atoms with E-state index in [9.17, 15) is 4.79 Å². The summed E-state index contributed by atoms with van der Waals surface area (Å²) in [6.07, 6.45) is 1.37. The number of carboxylic acids is 1. The van der Waals surface area contributed by atoms with Gasteiger partial charge in [-0.3, -0.25) is 0 Å². The number of aliphatic hydroxyl groups excluding tert-OH is 1. The fourth-order valence-electron chi connectivity index (χ4n) is 1.44. The minimum Gasteiger partial charge on any atom is -0.480 e. The lowest BCUT2D eigenvalue weighted by molar-refractivity contribution is -0.138. The van der Waals surface area contributed by atoms with Crippen molar-refractivity contribution in [2.45, 2.75) is 13.0 Å². The van der Waals surface area contributed by atoms with Gasteiger partial charge in [-0.1, -0.05) is 0 Å².